The first-order valence-corrected chi connectivity index (χ1v) is 15.8. The van der Waals surface area contributed by atoms with Gasteiger partial charge in [-0.3, -0.25) is 0 Å². The summed E-state index contributed by atoms with van der Waals surface area (Å²) in [4.78, 5) is 16.4. The third-order valence-corrected chi connectivity index (χ3v) is 8.50. The second kappa shape index (κ2) is 14.7. The van der Waals surface area contributed by atoms with Gasteiger partial charge < -0.3 is 19.1 Å². The SMILES string of the molecule is CCOc1ccc(-c2ccc(OC)c(/C=C/c3nc(-c4ccc(Cl)cc4Cl)cn3CCCC3=CC=C(C(=O)O)CC3C)c2)cc1. The van der Waals surface area contributed by atoms with Crippen molar-refractivity contribution in [3.05, 3.63) is 112 Å². The molecule has 0 spiro atoms. The molecule has 0 radical (unpaired) electrons. The van der Waals surface area contributed by atoms with E-state index >= 15 is 0 Å². The Bertz CT molecular complexity index is 1770. The van der Waals surface area contributed by atoms with Crippen LogP contribution in [0.25, 0.3) is 34.5 Å². The standard InChI is InChI=1S/C37H36Cl2N2O4/c1-4-45-31-14-9-26(10-15-31)27-11-17-35(44-3)28(21-27)12-18-36-40-34(32-16-13-30(38)22-33(32)39)23-41(36)19-5-6-25-7-8-29(37(42)43)20-24(25)2/h7-18,21-24H,4-6,19-20H2,1-3H3,(H,42,43)/b18-12+. The smallest absolute Gasteiger partial charge is 0.331 e. The zero-order valence-corrected chi connectivity index (χ0v) is 27.1. The number of allylic oxidation sites excluding steroid dienone is 3. The van der Waals surface area contributed by atoms with E-state index in [1.807, 2.05) is 67.7 Å². The molecule has 1 unspecified atom stereocenters. The molecule has 232 valence electrons. The summed E-state index contributed by atoms with van der Waals surface area (Å²) in [6.07, 6.45) is 12.0. The Labute approximate surface area is 274 Å². The number of ether oxygens (including phenoxy) is 2. The summed E-state index contributed by atoms with van der Waals surface area (Å²) in [7, 11) is 1.67. The Morgan fingerprint density at radius 1 is 1.04 bits per heavy atom. The number of benzene rings is 3. The van der Waals surface area contributed by atoms with Crippen molar-refractivity contribution < 1.29 is 19.4 Å². The van der Waals surface area contributed by atoms with E-state index in [1.54, 1.807) is 19.3 Å². The van der Waals surface area contributed by atoms with Gasteiger partial charge >= 0.3 is 5.97 Å². The lowest BCUT2D eigenvalue weighted by Crippen LogP contribution is -2.12. The number of methoxy groups -OCH3 is 1. The summed E-state index contributed by atoms with van der Waals surface area (Å²) < 4.78 is 13.4. The molecule has 3 aromatic carbocycles. The lowest BCUT2D eigenvalue weighted by molar-refractivity contribution is -0.132. The molecular weight excluding hydrogens is 607 g/mol. The molecule has 0 aliphatic heterocycles. The highest BCUT2D eigenvalue weighted by Gasteiger charge is 2.19. The summed E-state index contributed by atoms with van der Waals surface area (Å²) in [5.74, 6) is 1.73. The van der Waals surface area contributed by atoms with E-state index < -0.39 is 5.97 Å². The van der Waals surface area contributed by atoms with Crippen LogP contribution in [0.4, 0.5) is 0 Å². The van der Waals surface area contributed by atoms with Crippen LogP contribution in [0.2, 0.25) is 10.0 Å². The lowest BCUT2D eigenvalue weighted by atomic mass is 9.86. The molecule has 1 aliphatic carbocycles. The van der Waals surface area contributed by atoms with Crippen LogP contribution in [-0.2, 0) is 11.3 Å². The van der Waals surface area contributed by atoms with Crippen LogP contribution in [0.1, 0.15) is 44.5 Å². The maximum Gasteiger partial charge on any atom is 0.331 e. The molecule has 0 bridgehead atoms. The van der Waals surface area contributed by atoms with Gasteiger partial charge in [0, 0.05) is 34.5 Å². The monoisotopic (exact) mass is 642 g/mol. The molecular formula is C37H36Cl2N2O4. The second-order valence-electron chi connectivity index (χ2n) is 11.0. The number of carboxylic acids is 1. The van der Waals surface area contributed by atoms with E-state index in [0.717, 1.165) is 64.7 Å². The first-order chi connectivity index (χ1) is 21.7. The van der Waals surface area contributed by atoms with Gasteiger partial charge in [-0.05, 0) is 97.8 Å². The van der Waals surface area contributed by atoms with Gasteiger partial charge in [-0.1, -0.05) is 66.0 Å². The van der Waals surface area contributed by atoms with Crippen molar-refractivity contribution >= 4 is 41.3 Å². The number of aromatic nitrogens is 2. The van der Waals surface area contributed by atoms with Gasteiger partial charge in [0.1, 0.15) is 17.3 Å². The average Bonchev–Trinajstić information content (AvgIpc) is 3.43. The molecule has 1 atom stereocenters. The molecule has 0 amide bonds. The van der Waals surface area contributed by atoms with Crippen LogP contribution in [-0.4, -0.2) is 34.3 Å². The summed E-state index contributed by atoms with van der Waals surface area (Å²) in [6, 6.07) is 19.6. The Kier molecular flexibility index (Phi) is 10.5. The van der Waals surface area contributed by atoms with E-state index in [1.165, 1.54) is 5.57 Å². The number of carboxylic acid groups (broad SMARTS) is 1. The van der Waals surface area contributed by atoms with Crippen LogP contribution in [0.15, 0.2) is 90.2 Å². The van der Waals surface area contributed by atoms with Crippen molar-refractivity contribution in [2.24, 2.45) is 5.92 Å². The van der Waals surface area contributed by atoms with Gasteiger partial charge in [0.15, 0.2) is 0 Å². The highest BCUT2D eigenvalue weighted by Crippen LogP contribution is 2.33. The van der Waals surface area contributed by atoms with Crippen LogP contribution >= 0.6 is 23.2 Å². The van der Waals surface area contributed by atoms with Crippen molar-refractivity contribution in [1.29, 1.82) is 0 Å². The normalized spacial score (nSPS) is 14.7. The topological polar surface area (TPSA) is 73.6 Å². The van der Waals surface area contributed by atoms with Crippen molar-refractivity contribution in [1.82, 2.24) is 9.55 Å². The Morgan fingerprint density at radius 2 is 1.82 bits per heavy atom. The Balaban J connectivity index is 1.43. The minimum Gasteiger partial charge on any atom is -0.496 e. The number of carbonyl (C=O) groups is 1. The first-order valence-electron chi connectivity index (χ1n) is 15.0. The van der Waals surface area contributed by atoms with E-state index in [-0.39, 0.29) is 5.92 Å². The van der Waals surface area contributed by atoms with Crippen LogP contribution in [0.5, 0.6) is 11.5 Å². The van der Waals surface area contributed by atoms with Crippen LogP contribution in [0, 0.1) is 5.92 Å². The molecule has 4 aromatic rings. The predicted octanol–water partition coefficient (Wildman–Crippen LogP) is 9.86. The zero-order chi connectivity index (χ0) is 31.9. The summed E-state index contributed by atoms with van der Waals surface area (Å²) >= 11 is 12.7. The third-order valence-electron chi connectivity index (χ3n) is 7.95. The molecule has 5 rings (SSSR count). The molecule has 6 nitrogen and oxygen atoms in total. The van der Waals surface area contributed by atoms with Gasteiger partial charge in [0.2, 0.25) is 0 Å². The van der Waals surface area contributed by atoms with Crippen LogP contribution < -0.4 is 9.47 Å². The highest BCUT2D eigenvalue weighted by molar-refractivity contribution is 6.36. The summed E-state index contributed by atoms with van der Waals surface area (Å²) in [6.45, 7) is 5.41. The molecule has 1 aliphatic rings. The summed E-state index contributed by atoms with van der Waals surface area (Å²) in [5.41, 5.74) is 6.34. The number of hydrogen-bond acceptors (Lipinski definition) is 4. The van der Waals surface area contributed by atoms with Crippen molar-refractivity contribution in [3.8, 4) is 33.9 Å². The minimum atomic E-state index is -0.845. The van der Waals surface area contributed by atoms with Gasteiger partial charge in [-0.15, -0.1) is 0 Å². The number of hydrogen-bond donors (Lipinski definition) is 1. The second-order valence-corrected chi connectivity index (χ2v) is 11.8. The molecule has 0 saturated heterocycles. The van der Waals surface area contributed by atoms with Gasteiger partial charge in [0.25, 0.3) is 0 Å². The van der Waals surface area contributed by atoms with E-state index in [0.29, 0.717) is 28.6 Å². The van der Waals surface area contributed by atoms with Crippen molar-refractivity contribution in [3.63, 3.8) is 0 Å². The molecule has 1 heterocycles. The van der Waals surface area contributed by atoms with Crippen molar-refractivity contribution in [2.75, 3.05) is 13.7 Å². The molecule has 0 saturated carbocycles. The average molecular weight is 644 g/mol. The Hall–Kier alpha value is -4.26. The van der Waals surface area contributed by atoms with Gasteiger partial charge in [0.05, 0.1) is 24.4 Å². The number of halogens is 2. The fourth-order valence-electron chi connectivity index (χ4n) is 5.53. The molecule has 1 aromatic heterocycles. The van der Waals surface area contributed by atoms with Gasteiger partial charge in [-0.25, -0.2) is 9.78 Å². The van der Waals surface area contributed by atoms with Crippen LogP contribution in [0.3, 0.4) is 0 Å². The third kappa shape index (κ3) is 7.88. The number of imidazole rings is 1. The number of nitrogens with zero attached hydrogens (tertiary/aromatic N) is 2. The number of aryl methyl sites for hydroxylation is 1. The fraction of sp³-hybridized carbons (Fsp3) is 0.243. The maximum absolute atomic E-state index is 11.4. The quantitative estimate of drug-likeness (QED) is 0.166. The predicted molar refractivity (Wildman–Crippen MR) is 183 cm³/mol. The molecule has 45 heavy (non-hydrogen) atoms. The fourth-order valence-corrected chi connectivity index (χ4v) is 6.04. The Morgan fingerprint density at radius 3 is 2.51 bits per heavy atom. The lowest BCUT2D eigenvalue weighted by Gasteiger charge is -2.20. The largest absolute Gasteiger partial charge is 0.496 e. The summed E-state index contributed by atoms with van der Waals surface area (Å²) in [5, 5.41) is 10.5. The van der Waals surface area contributed by atoms with E-state index in [9.17, 15) is 9.90 Å². The molecule has 0 fully saturated rings. The number of aliphatic carboxylic acids is 1. The molecule has 1 N–H and O–H groups in total. The van der Waals surface area contributed by atoms with E-state index in [2.05, 4.69) is 29.7 Å². The van der Waals surface area contributed by atoms with Gasteiger partial charge in [-0.2, -0.15) is 0 Å². The first kappa shape index (κ1) is 32.1. The molecule has 8 heteroatoms. The minimum absolute atomic E-state index is 0.196. The number of rotatable bonds is 12. The highest BCUT2D eigenvalue weighted by atomic mass is 35.5. The zero-order valence-electron chi connectivity index (χ0n) is 25.6. The van der Waals surface area contributed by atoms with Crippen molar-refractivity contribution in [2.45, 2.75) is 39.7 Å². The maximum atomic E-state index is 11.4. The van der Waals surface area contributed by atoms with E-state index in [4.69, 9.17) is 37.7 Å².